The summed E-state index contributed by atoms with van der Waals surface area (Å²) in [7, 11) is 1.60. The lowest BCUT2D eigenvalue weighted by molar-refractivity contribution is 0.109. The van der Waals surface area contributed by atoms with Crippen molar-refractivity contribution in [1.29, 1.82) is 0 Å². The van der Waals surface area contributed by atoms with E-state index in [1.165, 1.54) is 0 Å². The lowest BCUT2D eigenvalue weighted by Crippen LogP contribution is -2.07. The molecule has 0 saturated carbocycles. The molecule has 1 aromatic carbocycles. The number of anilines is 1. The van der Waals surface area contributed by atoms with E-state index in [0.717, 1.165) is 0 Å². The van der Waals surface area contributed by atoms with E-state index < -0.39 is 0 Å². The van der Waals surface area contributed by atoms with Gasteiger partial charge >= 0.3 is 0 Å². The van der Waals surface area contributed by atoms with Crippen LogP contribution in [0.4, 0.5) is 5.69 Å². The Morgan fingerprint density at radius 2 is 2.00 bits per heavy atom. The predicted molar refractivity (Wildman–Crippen MR) is 59.4 cm³/mol. The van der Waals surface area contributed by atoms with Gasteiger partial charge in [0.1, 0.15) is 6.61 Å². The molecule has 0 unspecified atom stereocenters. The third kappa shape index (κ3) is 3.67. The number of rotatable bonds is 6. The van der Waals surface area contributed by atoms with Gasteiger partial charge in [0.25, 0.3) is 0 Å². The molecule has 1 aromatic rings. The van der Waals surface area contributed by atoms with Gasteiger partial charge in [-0.15, -0.1) is 0 Å². The molecule has 0 fully saturated rings. The molecule has 0 bridgehead atoms. The molecular formula is C11H17NO3. The average Bonchev–Trinajstić information content (AvgIpc) is 2.25. The average molecular weight is 211 g/mol. The first-order valence-electron chi connectivity index (χ1n) is 4.92. The van der Waals surface area contributed by atoms with Gasteiger partial charge in [-0.2, -0.15) is 0 Å². The minimum atomic E-state index is 0.494. The summed E-state index contributed by atoms with van der Waals surface area (Å²) >= 11 is 0. The second-order valence-electron chi connectivity index (χ2n) is 2.96. The lowest BCUT2D eigenvalue weighted by Gasteiger charge is -2.10. The van der Waals surface area contributed by atoms with Crippen LogP contribution in [0.3, 0.4) is 0 Å². The van der Waals surface area contributed by atoms with Gasteiger partial charge in [-0.25, -0.2) is 0 Å². The Morgan fingerprint density at radius 3 is 2.67 bits per heavy atom. The van der Waals surface area contributed by atoms with Gasteiger partial charge in [-0.1, -0.05) is 0 Å². The standard InChI is InChI=1S/C11H17NO3/c1-3-14-6-7-15-11-8-9(12)4-5-10(11)13-2/h4-5,8H,3,6-7,12H2,1-2H3. The molecule has 0 saturated heterocycles. The SMILES string of the molecule is CCOCCOc1cc(N)ccc1OC. The van der Waals surface area contributed by atoms with Gasteiger partial charge in [-0.3, -0.25) is 0 Å². The van der Waals surface area contributed by atoms with Crippen LogP contribution in [0.5, 0.6) is 11.5 Å². The Hall–Kier alpha value is -1.42. The van der Waals surface area contributed by atoms with E-state index in [1.807, 2.05) is 6.92 Å². The van der Waals surface area contributed by atoms with Crippen LogP contribution in [0.15, 0.2) is 18.2 Å². The zero-order valence-electron chi connectivity index (χ0n) is 9.16. The van der Waals surface area contributed by atoms with Gasteiger partial charge < -0.3 is 19.9 Å². The predicted octanol–water partition coefficient (Wildman–Crippen LogP) is 1.69. The summed E-state index contributed by atoms with van der Waals surface area (Å²) < 4.78 is 15.8. The fraction of sp³-hybridized carbons (Fsp3) is 0.455. The molecule has 2 N–H and O–H groups in total. The highest BCUT2D eigenvalue weighted by molar-refractivity contribution is 5.51. The zero-order valence-corrected chi connectivity index (χ0v) is 9.16. The third-order valence-electron chi connectivity index (χ3n) is 1.88. The van der Waals surface area contributed by atoms with E-state index in [2.05, 4.69) is 0 Å². The summed E-state index contributed by atoms with van der Waals surface area (Å²) in [6, 6.07) is 5.30. The second kappa shape index (κ2) is 6.14. The number of hydrogen-bond acceptors (Lipinski definition) is 4. The molecule has 0 aliphatic carbocycles. The van der Waals surface area contributed by atoms with Crippen molar-refractivity contribution in [2.75, 3.05) is 32.7 Å². The van der Waals surface area contributed by atoms with E-state index in [9.17, 15) is 0 Å². The fourth-order valence-electron chi connectivity index (χ4n) is 1.16. The third-order valence-corrected chi connectivity index (χ3v) is 1.88. The number of hydrogen-bond donors (Lipinski definition) is 1. The zero-order chi connectivity index (χ0) is 11.1. The van der Waals surface area contributed by atoms with Crippen LogP contribution < -0.4 is 15.2 Å². The molecule has 0 radical (unpaired) electrons. The van der Waals surface area contributed by atoms with Gasteiger partial charge in [0.15, 0.2) is 11.5 Å². The number of benzene rings is 1. The van der Waals surface area contributed by atoms with Crippen LogP contribution in [0.25, 0.3) is 0 Å². The number of methoxy groups -OCH3 is 1. The minimum Gasteiger partial charge on any atom is -0.493 e. The van der Waals surface area contributed by atoms with E-state index in [-0.39, 0.29) is 0 Å². The maximum absolute atomic E-state index is 5.65. The second-order valence-corrected chi connectivity index (χ2v) is 2.96. The van der Waals surface area contributed by atoms with Crippen molar-refractivity contribution in [2.45, 2.75) is 6.92 Å². The Balaban J connectivity index is 2.54. The Kier molecular flexibility index (Phi) is 4.77. The summed E-state index contributed by atoms with van der Waals surface area (Å²) in [4.78, 5) is 0. The maximum atomic E-state index is 5.65. The van der Waals surface area contributed by atoms with Gasteiger partial charge in [0, 0.05) is 18.4 Å². The van der Waals surface area contributed by atoms with Gasteiger partial charge in [0.05, 0.1) is 13.7 Å². The highest BCUT2D eigenvalue weighted by Crippen LogP contribution is 2.28. The van der Waals surface area contributed by atoms with Gasteiger partial charge in [-0.05, 0) is 19.1 Å². The van der Waals surface area contributed by atoms with Crippen LogP contribution in [-0.2, 0) is 4.74 Å². The molecular weight excluding hydrogens is 194 g/mol. The molecule has 0 amide bonds. The van der Waals surface area contributed by atoms with Crippen molar-refractivity contribution < 1.29 is 14.2 Å². The number of nitrogens with two attached hydrogens (primary N) is 1. The smallest absolute Gasteiger partial charge is 0.163 e. The summed E-state index contributed by atoms with van der Waals surface area (Å²) in [6.07, 6.45) is 0. The topological polar surface area (TPSA) is 53.7 Å². The van der Waals surface area contributed by atoms with E-state index >= 15 is 0 Å². The number of nitrogen functional groups attached to an aromatic ring is 1. The summed E-state index contributed by atoms with van der Waals surface area (Å²) in [5.74, 6) is 1.33. The number of ether oxygens (including phenoxy) is 3. The fourth-order valence-corrected chi connectivity index (χ4v) is 1.16. The van der Waals surface area contributed by atoms with Crippen LogP contribution in [0.1, 0.15) is 6.92 Å². The van der Waals surface area contributed by atoms with Gasteiger partial charge in [0.2, 0.25) is 0 Å². The molecule has 15 heavy (non-hydrogen) atoms. The normalized spacial score (nSPS) is 10.0. The van der Waals surface area contributed by atoms with Crippen LogP contribution in [-0.4, -0.2) is 26.9 Å². The molecule has 0 heterocycles. The van der Waals surface area contributed by atoms with E-state index in [0.29, 0.717) is 37.0 Å². The van der Waals surface area contributed by atoms with Crippen molar-refractivity contribution in [3.05, 3.63) is 18.2 Å². The molecule has 0 aromatic heterocycles. The Morgan fingerprint density at radius 1 is 1.20 bits per heavy atom. The van der Waals surface area contributed by atoms with Crippen molar-refractivity contribution in [1.82, 2.24) is 0 Å². The van der Waals surface area contributed by atoms with Crippen molar-refractivity contribution in [3.63, 3.8) is 0 Å². The summed E-state index contributed by atoms with van der Waals surface area (Å²) in [6.45, 7) is 3.70. The van der Waals surface area contributed by atoms with E-state index in [1.54, 1.807) is 25.3 Å². The quantitative estimate of drug-likeness (QED) is 0.574. The minimum absolute atomic E-state index is 0.494. The molecule has 0 aliphatic heterocycles. The molecule has 4 heteroatoms. The molecule has 0 spiro atoms. The van der Waals surface area contributed by atoms with Crippen LogP contribution in [0, 0.1) is 0 Å². The van der Waals surface area contributed by atoms with Crippen molar-refractivity contribution >= 4 is 5.69 Å². The molecule has 84 valence electrons. The Bertz CT molecular complexity index is 302. The first-order chi connectivity index (χ1) is 7.27. The monoisotopic (exact) mass is 211 g/mol. The maximum Gasteiger partial charge on any atom is 0.163 e. The lowest BCUT2D eigenvalue weighted by atomic mass is 10.3. The van der Waals surface area contributed by atoms with E-state index in [4.69, 9.17) is 19.9 Å². The molecule has 0 aliphatic rings. The highest BCUT2D eigenvalue weighted by Gasteiger charge is 2.03. The summed E-state index contributed by atoms with van der Waals surface area (Å²) in [5, 5.41) is 0. The molecule has 4 nitrogen and oxygen atoms in total. The first-order valence-corrected chi connectivity index (χ1v) is 4.92. The first kappa shape index (κ1) is 11.7. The summed E-state index contributed by atoms with van der Waals surface area (Å²) in [5.41, 5.74) is 6.30. The van der Waals surface area contributed by atoms with Crippen LogP contribution >= 0.6 is 0 Å². The van der Waals surface area contributed by atoms with Crippen molar-refractivity contribution in [3.8, 4) is 11.5 Å². The largest absolute Gasteiger partial charge is 0.493 e. The van der Waals surface area contributed by atoms with Crippen molar-refractivity contribution in [2.24, 2.45) is 0 Å². The molecule has 0 atom stereocenters. The molecule has 1 rings (SSSR count). The Labute approximate surface area is 89.9 Å². The highest BCUT2D eigenvalue weighted by atomic mass is 16.5. The van der Waals surface area contributed by atoms with Crippen LogP contribution in [0.2, 0.25) is 0 Å².